The number of piperidine rings is 1. The number of hydrogen-bond acceptors (Lipinski definition) is 4. The molecule has 2 aliphatic heterocycles. The minimum Gasteiger partial charge on any atom is -0.444 e. The normalized spacial score (nSPS) is 26.4. The molecule has 0 aliphatic carbocycles. The second-order valence-electron chi connectivity index (χ2n) is 6.53. The lowest BCUT2D eigenvalue weighted by molar-refractivity contribution is -0.121. The summed E-state index contributed by atoms with van der Waals surface area (Å²) in [6, 6.07) is -0.451. The summed E-state index contributed by atoms with van der Waals surface area (Å²) in [6.07, 6.45) is 1.20. The van der Waals surface area contributed by atoms with E-state index in [2.05, 4.69) is 5.32 Å². The van der Waals surface area contributed by atoms with Crippen LogP contribution >= 0.6 is 0 Å². The number of nitrogens with zero attached hydrogens (tertiary/aromatic N) is 1. The monoisotopic (exact) mass is 269 g/mol. The molecule has 0 bridgehead atoms. The Morgan fingerprint density at radius 2 is 2.00 bits per heavy atom. The Morgan fingerprint density at radius 1 is 1.42 bits per heavy atom. The quantitative estimate of drug-likeness (QED) is 0.669. The van der Waals surface area contributed by atoms with Gasteiger partial charge in [0.15, 0.2) is 0 Å². The molecule has 2 heterocycles. The third-order valence-electron chi connectivity index (χ3n) is 3.97. The lowest BCUT2D eigenvalue weighted by Crippen LogP contribution is -2.52. The molecule has 2 rings (SSSR count). The van der Waals surface area contributed by atoms with Crippen LogP contribution in [0.5, 0.6) is 0 Å². The van der Waals surface area contributed by atoms with Gasteiger partial charge in [0.25, 0.3) is 0 Å². The van der Waals surface area contributed by atoms with Crippen LogP contribution in [0.4, 0.5) is 4.79 Å². The van der Waals surface area contributed by atoms with Crippen LogP contribution in [0.1, 0.15) is 33.6 Å². The van der Waals surface area contributed by atoms with Crippen molar-refractivity contribution >= 4 is 12.0 Å². The number of nitrogens with two attached hydrogens (primary N) is 1. The summed E-state index contributed by atoms with van der Waals surface area (Å²) in [6.45, 7) is 7.37. The molecule has 0 aromatic rings. The van der Waals surface area contributed by atoms with Gasteiger partial charge in [-0.25, -0.2) is 4.79 Å². The molecule has 2 aliphatic rings. The highest BCUT2D eigenvalue weighted by molar-refractivity contribution is 5.85. The Kier molecular flexibility index (Phi) is 3.47. The van der Waals surface area contributed by atoms with E-state index in [0.29, 0.717) is 19.6 Å². The molecule has 1 unspecified atom stereocenters. The Labute approximate surface area is 113 Å². The van der Waals surface area contributed by atoms with Gasteiger partial charge in [0.2, 0.25) is 5.91 Å². The van der Waals surface area contributed by atoms with Gasteiger partial charge in [-0.05, 0) is 33.6 Å². The first-order chi connectivity index (χ1) is 8.73. The largest absolute Gasteiger partial charge is 0.444 e. The van der Waals surface area contributed by atoms with Crippen molar-refractivity contribution in [2.75, 3.05) is 19.6 Å². The maximum absolute atomic E-state index is 12.0. The molecule has 6 nitrogen and oxygen atoms in total. The molecule has 1 atom stereocenters. The zero-order chi connectivity index (χ0) is 14.3. The maximum Gasteiger partial charge on any atom is 0.410 e. The van der Waals surface area contributed by atoms with E-state index in [1.54, 1.807) is 4.90 Å². The van der Waals surface area contributed by atoms with Crippen LogP contribution in [0.15, 0.2) is 0 Å². The number of carbonyl (C=O) groups is 2. The highest BCUT2D eigenvalue weighted by atomic mass is 16.6. The number of rotatable bonds is 0. The number of amides is 2. The summed E-state index contributed by atoms with van der Waals surface area (Å²) in [7, 11) is 0. The van der Waals surface area contributed by atoms with Crippen molar-refractivity contribution < 1.29 is 14.3 Å². The molecular formula is C13H23N3O3. The van der Waals surface area contributed by atoms with Crippen molar-refractivity contribution in [1.82, 2.24) is 10.2 Å². The zero-order valence-electron chi connectivity index (χ0n) is 11.9. The van der Waals surface area contributed by atoms with Crippen molar-refractivity contribution in [2.24, 2.45) is 11.1 Å². The average molecular weight is 269 g/mol. The first-order valence-corrected chi connectivity index (χ1v) is 6.75. The van der Waals surface area contributed by atoms with Gasteiger partial charge in [0.1, 0.15) is 5.60 Å². The third-order valence-corrected chi connectivity index (χ3v) is 3.97. The van der Waals surface area contributed by atoms with E-state index < -0.39 is 11.6 Å². The molecule has 2 amide bonds. The summed E-state index contributed by atoms with van der Waals surface area (Å²) in [5.74, 6) is -0.0780. The van der Waals surface area contributed by atoms with E-state index in [0.717, 1.165) is 12.8 Å². The Bertz CT molecular complexity index is 381. The van der Waals surface area contributed by atoms with Gasteiger partial charge in [0.05, 0.1) is 6.04 Å². The molecule has 1 spiro atoms. The Morgan fingerprint density at radius 3 is 2.42 bits per heavy atom. The van der Waals surface area contributed by atoms with Crippen molar-refractivity contribution in [2.45, 2.75) is 45.3 Å². The highest BCUT2D eigenvalue weighted by Gasteiger charge is 2.48. The molecule has 3 N–H and O–H groups in total. The summed E-state index contributed by atoms with van der Waals surface area (Å²) >= 11 is 0. The standard InChI is InChI=1S/C13H23N3O3/c1-12(2,3)19-11(18)16-6-4-13(5-7-16)8-15-10(17)9(13)14/h9H,4-8,14H2,1-3H3,(H,15,17). The van der Waals surface area contributed by atoms with E-state index in [-0.39, 0.29) is 17.4 Å². The van der Waals surface area contributed by atoms with Crippen molar-refractivity contribution in [3.8, 4) is 0 Å². The molecule has 0 radical (unpaired) electrons. The topological polar surface area (TPSA) is 84.7 Å². The van der Waals surface area contributed by atoms with Crippen LogP contribution in [0.2, 0.25) is 0 Å². The molecule has 6 heteroatoms. The van der Waals surface area contributed by atoms with Gasteiger partial charge in [-0.2, -0.15) is 0 Å². The van der Waals surface area contributed by atoms with Gasteiger partial charge >= 0.3 is 6.09 Å². The van der Waals surface area contributed by atoms with Crippen LogP contribution in [0.3, 0.4) is 0 Å². The minimum absolute atomic E-state index is 0.0780. The predicted molar refractivity (Wildman–Crippen MR) is 70.5 cm³/mol. The lowest BCUT2D eigenvalue weighted by atomic mass is 9.75. The number of hydrogen-bond donors (Lipinski definition) is 2. The zero-order valence-corrected chi connectivity index (χ0v) is 11.9. The fraction of sp³-hybridized carbons (Fsp3) is 0.846. The first-order valence-electron chi connectivity index (χ1n) is 6.75. The van der Waals surface area contributed by atoms with E-state index in [1.807, 2.05) is 20.8 Å². The molecular weight excluding hydrogens is 246 g/mol. The molecule has 2 saturated heterocycles. The molecule has 0 aromatic carbocycles. The van der Waals surface area contributed by atoms with Crippen LogP contribution in [0, 0.1) is 5.41 Å². The summed E-state index contributed by atoms with van der Waals surface area (Å²) in [5.41, 5.74) is 5.30. The highest BCUT2D eigenvalue weighted by Crippen LogP contribution is 2.37. The van der Waals surface area contributed by atoms with Crippen LogP contribution in [-0.2, 0) is 9.53 Å². The average Bonchev–Trinajstić information content (AvgIpc) is 2.57. The van der Waals surface area contributed by atoms with Crippen molar-refractivity contribution in [1.29, 1.82) is 0 Å². The Balaban J connectivity index is 1.93. The fourth-order valence-corrected chi connectivity index (χ4v) is 2.71. The van der Waals surface area contributed by atoms with Crippen LogP contribution in [0.25, 0.3) is 0 Å². The first kappa shape index (κ1) is 14.1. The van der Waals surface area contributed by atoms with Gasteiger partial charge in [-0.15, -0.1) is 0 Å². The van der Waals surface area contributed by atoms with Crippen LogP contribution in [-0.4, -0.2) is 48.2 Å². The van der Waals surface area contributed by atoms with Crippen molar-refractivity contribution in [3.05, 3.63) is 0 Å². The summed E-state index contributed by atoms with van der Waals surface area (Å²) in [4.78, 5) is 25.2. The molecule has 108 valence electrons. The summed E-state index contributed by atoms with van der Waals surface area (Å²) < 4.78 is 5.35. The number of nitrogens with one attached hydrogen (secondary N) is 1. The van der Waals surface area contributed by atoms with Crippen molar-refractivity contribution in [3.63, 3.8) is 0 Å². The van der Waals surface area contributed by atoms with Gasteiger partial charge in [0, 0.05) is 25.0 Å². The summed E-state index contributed by atoms with van der Waals surface area (Å²) in [5, 5.41) is 2.81. The number of likely N-dealkylation sites (tertiary alicyclic amines) is 1. The molecule has 0 aromatic heterocycles. The van der Waals surface area contributed by atoms with E-state index in [9.17, 15) is 9.59 Å². The third kappa shape index (κ3) is 2.83. The molecule has 0 saturated carbocycles. The lowest BCUT2D eigenvalue weighted by Gasteiger charge is -2.40. The van der Waals surface area contributed by atoms with Crippen LogP contribution < -0.4 is 11.1 Å². The number of ether oxygens (including phenoxy) is 1. The predicted octanol–water partition coefficient (Wildman–Crippen LogP) is 0.461. The fourth-order valence-electron chi connectivity index (χ4n) is 2.71. The van der Waals surface area contributed by atoms with Gasteiger partial charge < -0.3 is 20.7 Å². The van der Waals surface area contributed by atoms with E-state index >= 15 is 0 Å². The minimum atomic E-state index is -0.479. The number of carbonyl (C=O) groups excluding carboxylic acids is 2. The molecule has 19 heavy (non-hydrogen) atoms. The smallest absolute Gasteiger partial charge is 0.410 e. The van der Waals surface area contributed by atoms with E-state index in [4.69, 9.17) is 10.5 Å². The second kappa shape index (κ2) is 4.67. The SMILES string of the molecule is CC(C)(C)OC(=O)N1CCC2(CC1)CNC(=O)C2N. The Hall–Kier alpha value is -1.30. The second-order valence-corrected chi connectivity index (χ2v) is 6.53. The maximum atomic E-state index is 12.0. The molecule has 2 fully saturated rings. The van der Waals surface area contributed by atoms with E-state index in [1.165, 1.54) is 0 Å². The van der Waals surface area contributed by atoms with Gasteiger partial charge in [-0.1, -0.05) is 0 Å². The van der Waals surface area contributed by atoms with Gasteiger partial charge in [-0.3, -0.25) is 4.79 Å².